The highest BCUT2D eigenvalue weighted by molar-refractivity contribution is 7.74. The van der Waals surface area contributed by atoms with Crippen LogP contribution in [0, 0.1) is 10.1 Å². The number of nitro groups is 1. The molecule has 0 radical (unpaired) electrons. The molecular weight excluding hydrogens is 576 g/mol. The van der Waals surface area contributed by atoms with Gasteiger partial charge in [0.25, 0.3) is 5.69 Å². The summed E-state index contributed by atoms with van der Waals surface area (Å²) in [6.45, 7) is 7.62. The number of morpholine rings is 1. The summed E-state index contributed by atoms with van der Waals surface area (Å²) >= 11 is 12.7. The summed E-state index contributed by atoms with van der Waals surface area (Å²) in [5.41, 5.74) is 1.84. The first-order valence-electron chi connectivity index (χ1n) is 12.9. The van der Waals surface area contributed by atoms with E-state index in [1.807, 2.05) is 18.2 Å². The van der Waals surface area contributed by atoms with Gasteiger partial charge in [0.15, 0.2) is 7.36 Å². The van der Waals surface area contributed by atoms with Crippen LogP contribution in [0.5, 0.6) is 5.75 Å². The summed E-state index contributed by atoms with van der Waals surface area (Å²) < 4.78 is 20.7. The minimum atomic E-state index is -3.16. The average Bonchev–Trinajstić information content (AvgIpc) is 2.96. The molecule has 2 aliphatic rings. The summed E-state index contributed by atoms with van der Waals surface area (Å²) in [6, 6.07) is 16.8. The van der Waals surface area contributed by atoms with E-state index in [1.165, 1.54) is 12.1 Å². The lowest BCUT2D eigenvalue weighted by Gasteiger charge is -2.47. The first-order chi connectivity index (χ1) is 19.3. The molecule has 0 spiro atoms. The lowest BCUT2D eigenvalue weighted by atomic mass is 10.2. The van der Waals surface area contributed by atoms with Gasteiger partial charge >= 0.3 is 6.09 Å². The Morgan fingerprint density at radius 3 is 2.33 bits per heavy atom. The van der Waals surface area contributed by atoms with Crippen LogP contribution in [-0.2, 0) is 4.74 Å². The summed E-state index contributed by atoms with van der Waals surface area (Å²) in [7, 11) is -3.16. The number of nitrogens with zero attached hydrogens (tertiary/aromatic N) is 5. The van der Waals surface area contributed by atoms with Gasteiger partial charge in [-0.15, -0.1) is 0 Å². The highest BCUT2D eigenvalue weighted by Gasteiger charge is 2.48. The third kappa shape index (κ3) is 5.18. The zero-order chi connectivity index (χ0) is 28.4. The van der Waals surface area contributed by atoms with E-state index >= 15 is 0 Å². The van der Waals surface area contributed by atoms with Crippen LogP contribution in [0.25, 0.3) is 0 Å². The fourth-order valence-corrected chi connectivity index (χ4v) is 8.90. The van der Waals surface area contributed by atoms with Gasteiger partial charge in [0.05, 0.1) is 44.9 Å². The molecule has 3 aromatic carbocycles. The second-order valence-corrected chi connectivity index (χ2v) is 12.7. The van der Waals surface area contributed by atoms with Crippen LogP contribution >= 0.6 is 30.6 Å². The highest BCUT2D eigenvalue weighted by Crippen LogP contribution is 2.63. The first kappa shape index (κ1) is 28.4. The van der Waals surface area contributed by atoms with E-state index in [0.717, 1.165) is 24.1 Å². The van der Waals surface area contributed by atoms with Gasteiger partial charge in [-0.05, 0) is 56.3 Å². The molecule has 0 aliphatic carbocycles. The van der Waals surface area contributed by atoms with Gasteiger partial charge in [-0.1, -0.05) is 23.2 Å². The Hall–Kier alpha value is -3.14. The van der Waals surface area contributed by atoms with Crippen molar-refractivity contribution in [2.75, 3.05) is 49.0 Å². The van der Waals surface area contributed by atoms with Crippen molar-refractivity contribution in [3.63, 3.8) is 0 Å². The van der Waals surface area contributed by atoms with E-state index in [-0.39, 0.29) is 10.7 Å². The number of non-ortho nitro benzene ring substituents is 1. The van der Waals surface area contributed by atoms with Crippen LogP contribution < -0.4 is 19.6 Å². The molecule has 5 rings (SSSR count). The number of nitro benzene ring substituents is 1. The molecule has 1 amide bonds. The third-order valence-electron chi connectivity index (χ3n) is 6.89. The van der Waals surface area contributed by atoms with Crippen LogP contribution in [-0.4, -0.2) is 55.1 Å². The number of benzene rings is 3. The van der Waals surface area contributed by atoms with Crippen molar-refractivity contribution in [3.8, 4) is 5.75 Å². The van der Waals surface area contributed by atoms with Crippen molar-refractivity contribution in [1.82, 2.24) is 4.67 Å². The number of anilines is 2. The van der Waals surface area contributed by atoms with Gasteiger partial charge in [0, 0.05) is 50.1 Å². The van der Waals surface area contributed by atoms with Gasteiger partial charge in [-0.2, -0.15) is 0 Å². The number of hydrogen-bond donors (Lipinski definition) is 0. The molecule has 2 aliphatic heterocycles. The molecule has 210 valence electrons. The highest BCUT2D eigenvalue weighted by atomic mass is 35.5. The number of hydrogen-bond acceptors (Lipinski definition) is 7. The van der Waals surface area contributed by atoms with Crippen molar-refractivity contribution >= 4 is 64.7 Å². The lowest BCUT2D eigenvalue weighted by Crippen LogP contribution is -2.49. The fourth-order valence-electron chi connectivity index (χ4n) is 4.94. The number of halogens is 2. The molecule has 2 heterocycles. The van der Waals surface area contributed by atoms with Gasteiger partial charge in [0.1, 0.15) is 5.75 Å². The Kier molecular flexibility index (Phi) is 8.35. The second kappa shape index (κ2) is 11.8. The summed E-state index contributed by atoms with van der Waals surface area (Å²) in [5.74, 6) is 0.427. The van der Waals surface area contributed by atoms with E-state index in [9.17, 15) is 14.9 Å². The molecule has 10 nitrogen and oxygen atoms in total. The summed E-state index contributed by atoms with van der Waals surface area (Å²) in [4.78, 5) is 27.0. The minimum Gasteiger partial charge on any atom is -0.409 e. The number of rotatable bonds is 7. The van der Waals surface area contributed by atoms with Gasteiger partial charge < -0.3 is 14.4 Å². The van der Waals surface area contributed by atoms with Crippen molar-refractivity contribution < 1.29 is 19.2 Å². The Morgan fingerprint density at radius 2 is 1.70 bits per heavy atom. The maximum atomic E-state index is 14.0. The number of carbonyl (C=O) groups is 1. The number of ether oxygens (including phenoxy) is 2. The van der Waals surface area contributed by atoms with Crippen molar-refractivity contribution in [1.29, 1.82) is 0 Å². The van der Waals surface area contributed by atoms with Gasteiger partial charge in [-0.3, -0.25) is 10.1 Å². The van der Waals surface area contributed by atoms with Crippen LogP contribution in [0.1, 0.15) is 13.8 Å². The second-order valence-electron chi connectivity index (χ2n) is 9.11. The molecule has 13 heteroatoms. The third-order valence-corrected chi connectivity index (χ3v) is 11.3. The van der Waals surface area contributed by atoms with Crippen LogP contribution in [0.3, 0.4) is 0 Å². The zero-order valence-electron chi connectivity index (χ0n) is 22.0. The standard InChI is InChI=1S/C27H28Cl2N5O5P/c1-3-31(4-2)21-10-12-26-25(18-21)39-27(35)33(22-9-11-23(28)24(29)17-22)40(26,32-13-15-38-16-14-32)30-19-5-7-20(8-6-19)34(36)37/h5-12,17-18H,3-4,13-16H2,1-2H3. The fraction of sp³-hybridized carbons (Fsp3) is 0.296. The maximum Gasteiger partial charge on any atom is 0.425 e. The van der Waals surface area contributed by atoms with Crippen molar-refractivity contribution in [2.45, 2.75) is 13.8 Å². The molecule has 1 atom stereocenters. The van der Waals surface area contributed by atoms with E-state index < -0.39 is 18.4 Å². The monoisotopic (exact) mass is 603 g/mol. The summed E-state index contributed by atoms with van der Waals surface area (Å²) in [6.07, 6.45) is -0.604. The molecule has 1 fully saturated rings. The SMILES string of the molecule is CCN(CC)c1ccc2c(c1)OC(=O)N(c1ccc(Cl)c(Cl)c1)P2(=Nc1ccc([N+](=O)[O-])cc1)N1CCOCC1. The van der Waals surface area contributed by atoms with E-state index in [4.69, 9.17) is 37.4 Å². The Bertz CT molecular complexity index is 1490. The first-order valence-corrected chi connectivity index (χ1v) is 15.3. The number of carbonyl (C=O) groups excluding carboxylic acids is 1. The average molecular weight is 604 g/mol. The lowest BCUT2D eigenvalue weighted by molar-refractivity contribution is -0.384. The topological polar surface area (TPSA) is 101 Å². The largest absolute Gasteiger partial charge is 0.425 e. The van der Waals surface area contributed by atoms with Crippen LogP contribution in [0.15, 0.2) is 65.4 Å². The van der Waals surface area contributed by atoms with Crippen molar-refractivity contribution in [3.05, 3.63) is 80.8 Å². The van der Waals surface area contributed by atoms with Crippen molar-refractivity contribution in [2.24, 2.45) is 4.74 Å². The predicted octanol–water partition coefficient (Wildman–Crippen LogP) is 7.09. The quantitative estimate of drug-likeness (QED) is 0.161. The molecule has 40 heavy (non-hydrogen) atoms. The van der Waals surface area contributed by atoms with Crippen LogP contribution in [0.2, 0.25) is 10.0 Å². The molecule has 0 saturated carbocycles. The molecule has 3 aromatic rings. The Labute approximate surface area is 242 Å². The smallest absolute Gasteiger partial charge is 0.409 e. The van der Waals surface area contributed by atoms with E-state index in [1.54, 1.807) is 35.0 Å². The minimum absolute atomic E-state index is 0.0497. The molecule has 0 N–H and O–H groups in total. The van der Waals surface area contributed by atoms with E-state index in [0.29, 0.717) is 48.5 Å². The molecular formula is C27H28Cl2N5O5P. The van der Waals surface area contributed by atoms with E-state index in [2.05, 4.69) is 23.4 Å². The Balaban J connectivity index is 1.83. The van der Waals surface area contributed by atoms with Gasteiger partial charge in [0.2, 0.25) is 0 Å². The maximum absolute atomic E-state index is 14.0. The molecule has 0 aromatic heterocycles. The molecule has 1 saturated heterocycles. The Morgan fingerprint density at radius 1 is 1.00 bits per heavy atom. The van der Waals surface area contributed by atoms with Crippen LogP contribution in [0.4, 0.5) is 27.5 Å². The molecule has 1 unspecified atom stereocenters. The number of fused-ring (bicyclic) bond motifs is 1. The summed E-state index contributed by atoms with van der Waals surface area (Å²) in [5, 5.41) is 12.7. The normalized spacial score (nSPS) is 19.1. The zero-order valence-corrected chi connectivity index (χ0v) is 24.4. The number of amides is 1. The molecule has 0 bridgehead atoms. The predicted molar refractivity (Wildman–Crippen MR) is 159 cm³/mol. The van der Waals surface area contributed by atoms with Gasteiger partial charge in [-0.25, -0.2) is 18.9 Å².